The Morgan fingerprint density at radius 2 is 1.95 bits per heavy atom. The predicted molar refractivity (Wildman–Crippen MR) is 74.8 cm³/mol. The van der Waals surface area contributed by atoms with Gasteiger partial charge in [-0.15, -0.1) is 0 Å². The molecule has 0 fully saturated rings. The molecule has 108 valence electrons. The molecular formula is C14H19N2O3S+. The summed E-state index contributed by atoms with van der Waals surface area (Å²) in [5.74, 6) is 0. The molecule has 0 saturated carbocycles. The minimum absolute atomic E-state index is 0.156. The standard InChI is InChI=1S/C14H19N2O3S/c1-3-4-10-16-12-11-15(2)14(16)19-20(17,18)13-8-6-5-7-9-13/h5-9,11-12H,3-4,10H2,1-2H3/q+1. The maximum atomic E-state index is 12.2. The number of imidazole rings is 1. The van der Waals surface area contributed by atoms with E-state index in [1.54, 1.807) is 36.0 Å². The van der Waals surface area contributed by atoms with E-state index in [2.05, 4.69) is 6.92 Å². The minimum Gasteiger partial charge on any atom is -0.305 e. The second-order valence-corrected chi connectivity index (χ2v) is 6.14. The number of hydrogen-bond acceptors (Lipinski definition) is 3. The molecule has 0 atom stereocenters. The number of aromatic nitrogens is 2. The molecule has 2 rings (SSSR count). The lowest BCUT2D eigenvalue weighted by molar-refractivity contribution is -0.674. The van der Waals surface area contributed by atoms with E-state index >= 15 is 0 Å². The highest BCUT2D eigenvalue weighted by molar-refractivity contribution is 7.87. The number of nitrogens with zero attached hydrogens (tertiary/aromatic N) is 2. The van der Waals surface area contributed by atoms with Crippen molar-refractivity contribution in [3.8, 4) is 6.01 Å². The molecule has 5 nitrogen and oxygen atoms in total. The molecule has 1 aromatic heterocycles. The van der Waals surface area contributed by atoms with Gasteiger partial charge in [0.05, 0.1) is 13.6 Å². The zero-order valence-corrected chi connectivity index (χ0v) is 12.5. The first-order valence-corrected chi connectivity index (χ1v) is 7.99. The maximum absolute atomic E-state index is 12.2. The topological polar surface area (TPSA) is 52.2 Å². The summed E-state index contributed by atoms with van der Waals surface area (Å²) in [6.07, 6.45) is 5.61. The normalized spacial score (nSPS) is 11.5. The molecule has 0 aliphatic heterocycles. The zero-order chi connectivity index (χ0) is 14.6. The quantitative estimate of drug-likeness (QED) is 0.604. The summed E-state index contributed by atoms with van der Waals surface area (Å²) in [4.78, 5) is 0.156. The first kappa shape index (κ1) is 14.6. The van der Waals surface area contributed by atoms with E-state index in [0.717, 1.165) is 19.4 Å². The van der Waals surface area contributed by atoms with E-state index in [0.29, 0.717) is 6.01 Å². The summed E-state index contributed by atoms with van der Waals surface area (Å²) in [5, 5.41) is 0. The highest BCUT2D eigenvalue weighted by atomic mass is 32.2. The van der Waals surface area contributed by atoms with Gasteiger partial charge in [-0.2, -0.15) is 17.6 Å². The van der Waals surface area contributed by atoms with Crippen LogP contribution in [0.25, 0.3) is 0 Å². The number of aryl methyl sites for hydroxylation is 2. The van der Waals surface area contributed by atoms with Crippen molar-refractivity contribution >= 4 is 10.1 Å². The Balaban J connectivity index is 2.28. The highest BCUT2D eigenvalue weighted by Gasteiger charge is 2.25. The molecule has 1 aromatic carbocycles. The SMILES string of the molecule is CCCCn1cc[n+](C)c1OS(=O)(=O)c1ccccc1. The van der Waals surface area contributed by atoms with Crippen LogP contribution in [0.15, 0.2) is 47.6 Å². The molecular weight excluding hydrogens is 276 g/mol. The van der Waals surface area contributed by atoms with Crippen molar-refractivity contribution in [1.29, 1.82) is 0 Å². The second-order valence-electron chi connectivity index (χ2n) is 4.59. The minimum atomic E-state index is -3.79. The largest absolute Gasteiger partial charge is 0.472 e. The molecule has 6 heteroatoms. The fourth-order valence-corrected chi connectivity index (χ4v) is 2.85. The van der Waals surface area contributed by atoms with Gasteiger partial charge in [-0.1, -0.05) is 31.5 Å². The van der Waals surface area contributed by atoms with Crippen LogP contribution >= 0.6 is 0 Å². The first-order chi connectivity index (χ1) is 9.54. The van der Waals surface area contributed by atoms with Crippen molar-refractivity contribution in [3.63, 3.8) is 0 Å². The van der Waals surface area contributed by atoms with Crippen LogP contribution in [0.2, 0.25) is 0 Å². The zero-order valence-electron chi connectivity index (χ0n) is 11.7. The third-order valence-corrected chi connectivity index (χ3v) is 4.20. The van der Waals surface area contributed by atoms with Gasteiger partial charge in [0.25, 0.3) is 0 Å². The molecule has 0 aliphatic rings. The lowest BCUT2D eigenvalue weighted by Crippen LogP contribution is -2.31. The lowest BCUT2D eigenvalue weighted by atomic mass is 10.3. The Bertz CT molecular complexity index is 663. The van der Waals surface area contributed by atoms with Gasteiger partial charge in [0, 0.05) is 0 Å². The average molecular weight is 295 g/mol. The van der Waals surface area contributed by atoms with Crippen molar-refractivity contribution in [1.82, 2.24) is 4.57 Å². The van der Waals surface area contributed by atoms with Gasteiger partial charge in [0.15, 0.2) is 0 Å². The third-order valence-electron chi connectivity index (χ3n) is 2.99. The van der Waals surface area contributed by atoms with Crippen molar-refractivity contribution in [2.75, 3.05) is 0 Å². The smallest absolute Gasteiger partial charge is 0.305 e. The molecule has 1 heterocycles. The number of benzene rings is 1. The predicted octanol–water partition coefficient (Wildman–Crippen LogP) is 1.88. The first-order valence-electron chi connectivity index (χ1n) is 6.59. The van der Waals surface area contributed by atoms with Crippen LogP contribution in [0.5, 0.6) is 6.01 Å². The average Bonchev–Trinajstić information content (AvgIpc) is 2.78. The van der Waals surface area contributed by atoms with Crippen LogP contribution in [0.3, 0.4) is 0 Å². The Hall–Kier alpha value is -1.82. The maximum Gasteiger partial charge on any atom is 0.472 e. The third kappa shape index (κ3) is 3.19. The molecule has 0 spiro atoms. The van der Waals surface area contributed by atoms with E-state index in [-0.39, 0.29) is 4.90 Å². The molecule has 0 unspecified atom stereocenters. The van der Waals surface area contributed by atoms with Crippen molar-refractivity contribution in [2.45, 2.75) is 31.2 Å². The molecule has 20 heavy (non-hydrogen) atoms. The molecule has 0 aliphatic carbocycles. The van der Waals surface area contributed by atoms with Gasteiger partial charge >= 0.3 is 16.1 Å². The molecule has 2 aromatic rings. The Morgan fingerprint density at radius 1 is 1.25 bits per heavy atom. The summed E-state index contributed by atoms with van der Waals surface area (Å²) in [6.45, 7) is 2.82. The van der Waals surface area contributed by atoms with Gasteiger partial charge in [0.1, 0.15) is 17.3 Å². The lowest BCUT2D eigenvalue weighted by Gasteiger charge is -2.05. The Morgan fingerprint density at radius 3 is 2.60 bits per heavy atom. The van der Waals surface area contributed by atoms with E-state index in [1.165, 1.54) is 12.1 Å². The van der Waals surface area contributed by atoms with Crippen molar-refractivity contribution in [3.05, 3.63) is 42.7 Å². The van der Waals surface area contributed by atoms with E-state index in [4.69, 9.17) is 4.18 Å². The summed E-state index contributed by atoms with van der Waals surface area (Å²) in [6, 6.07) is 8.48. The summed E-state index contributed by atoms with van der Waals surface area (Å²) in [5.41, 5.74) is 0. The summed E-state index contributed by atoms with van der Waals surface area (Å²) in [7, 11) is -2.03. The monoisotopic (exact) mass is 295 g/mol. The van der Waals surface area contributed by atoms with E-state index in [1.807, 2.05) is 10.8 Å². The van der Waals surface area contributed by atoms with Crippen LogP contribution in [0.1, 0.15) is 19.8 Å². The Kier molecular flexibility index (Phi) is 4.44. The van der Waals surface area contributed by atoms with Crippen molar-refractivity contribution in [2.24, 2.45) is 7.05 Å². The van der Waals surface area contributed by atoms with Crippen LogP contribution in [-0.2, 0) is 23.7 Å². The van der Waals surface area contributed by atoms with Gasteiger partial charge in [0.2, 0.25) is 0 Å². The molecule has 0 saturated heterocycles. The fraction of sp³-hybridized carbons (Fsp3) is 0.357. The van der Waals surface area contributed by atoms with Crippen LogP contribution < -0.4 is 8.75 Å². The highest BCUT2D eigenvalue weighted by Crippen LogP contribution is 2.16. The van der Waals surface area contributed by atoms with Gasteiger partial charge in [-0.3, -0.25) is 0 Å². The molecule has 0 N–H and O–H groups in total. The van der Waals surface area contributed by atoms with Gasteiger partial charge < -0.3 is 4.18 Å². The molecule has 0 amide bonds. The van der Waals surface area contributed by atoms with Crippen LogP contribution in [0, 0.1) is 0 Å². The summed E-state index contributed by atoms with van der Waals surface area (Å²) >= 11 is 0. The number of hydrogen-bond donors (Lipinski definition) is 0. The van der Waals surface area contributed by atoms with Crippen LogP contribution in [-0.4, -0.2) is 13.0 Å². The van der Waals surface area contributed by atoms with E-state index in [9.17, 15) is 8.42 Å². The second kappa shape index (κ2) is 6.09. The van der Waals surface area contributed by atoms with Gasteiger partial charge in [-0.05, 0) is 18.6 Å². The van der Waals surface area contributed by atoms with E-state index < -0.39 is 10.1 Å². The number of unbranched alkanes of at least 4 members (excludes halogenated alkanes) is 1. The summed E-state index contributed by atoms with van der Waals surface area (Å²) < 4.78 is 33.2. The molecule has 0 radical (unpaired) electrons. The van der Waals surface area contributed by atoms with Crippen LogP contribution in [0.4, 0.5) is 0 Å². The van der Waals surface area contributed by atoms with Crippen molar-refractivity contribution < 1.29 is 17.2 Å². The van der Waals surface area contributed by atoms with Gasteiger partial charge in [-0.25, -0.2) is 0 Å². The fourth-order valence-electron chi connectivity index (χ4n) is 1.85. The number of rotatable bonds is 6. The Labute approximate surface area is 119 Å². The molecule has 0 bridgehead atoms.